The molecular formula is C31H30N4O3S2. The van der Waals surface area contributed by atoms with E-state index in [4.69, 9.17) is 0 Å². The third-order valence-electron chi connectivity index (χ3n) is 5.77. The summed E-state index contributed by atoms with van der Waals surface area (Å²) in [4.78, 5) is 43.6. The molecule has 4 rings (SSSR count). The fraction of sp³-hybridized carbons (Fsp3) is 0.161. The molecule has 0 saturated carbocycles. The second-order valence-corrected chi connectivity index (χ2v) is 11.2. The highest BCUT2D eigenvalue weighted by molar-refractivity contribution is 8.00. The van der Waals surface area contributed by atoms with Gasteiger partial charge in [-0.3, -0.25) is 14.4 Å². The van der Waals surface area contributed by atoms with Crippen LogP contribution in [0.4, 0.5) is 10.8 Å². The number of nitrogens with zero attached hydrogens (tertiary/aromatic N) is 1. The minimum Gasteiger partial charge on any atom is -0.321 e. The first-order chi connectivity index (χ1) is 19.3. The SMILES string of the molecule is Cc1csc(NC(=O)CSc2cccc(NC(=O)/C(=C\c3ccc(C(C)C)cc3)NC(=O)c3ccccc3)c2)n1. The maximum atomic E-state index is 13.4. The van der Waals surface area contributed by atoms with Crippen molar-refractivity contribution in [1.82, 2.24) is 10.3 Å². The van der Waals surface area contributed by atoms with Gasteiger partial charge in [0.05, 0.1) is 11.4 Å². The average molecular weight is 571 g/mol. The van der Waals surface area contributed by atoms with Gasteiger partial charge in [-0.25, -0.2) is 4.98 Å². The molecule has 1 heterocycles. The first-order valence-corrected chi connectivity index (χ1v) is 14.6. The second kappa shape index (κ2) is 13.7. The van der Waals surface area contributed by atoms with E-state index in [1.54, 1.807) is 48.5 Å². The number of carbonyl (C=O) groups is 3. The van der Waals surface area contributed by atoms with Crippen molar-refractivity contribution in [3.05, 3.63) is 112 Å². The van der Waals surface area contributed by atoms with E-state index in [1.807, 2.05) is 48.7 Å². The number of benzene rings is 3. The normalized spacial score (nSPS) is 11.2. The molecule has 4 aromatic rings. The minimum absolute atomic E-state index is 0.113. The maximum absolute atomic E-state index is 13.4. The first kappa shape index (κ1) is 28.8. The Hall–Kier alpha value is -4.21. The van der Waals surface area contributed by atoms with Gasteiger partial charge in [0.25, 0.3) is 11.8 Å². The average Bonchev–Trinajstić information content (AvgIpc) is 3.36. The van der Waals surface area contributed by atoms with E-state index in [0.29, 0.717) is 22.3 Å². The lowest BCUT2D eigenvalue weighted by molar-refractivity contribution is -0.114. The molecule has 0 bridgehead atoms. The molecule has 204 valence electrons. The van der Waals surface area contributed by atoms with Crippen molar-refractivity contribution in [1.29, 1.82) is 0 Å². The summed E-state index contributed by atoms with van der Waals surface area (Å²) >= 11 is 2.73. The van der Waals surface area contributed by atoms with Gasteiger partial charge in [0.15, 0.2) is 5.13 Å². The molecular weight excluding hydrogens is 541 g/mol. The first-order valence-electron chi connectivity index (χ1n) is 12.7. The molecule has 0 aliphatic heterocycles. The highest BCUT2D eigenvalue weighted by atomic mass is 32.2. The lowest BCUT2D eigenvalue weighted by Crippen LogP contribution is -2.30. The molecule has 7 nitrogen and oxygen atoms in total. The Bertz CT molecular complexity index is 1510. The van der Waals surface area contributed by atoms with Crippen molar-refractivity contribution < 1.29 is 14.4 Å². The zero-order chi connectivity index (χ0) is 28.5. The topological polar surface area (TPSA) is 100 Å². The quantitative estimate of drug-likeness (QED) is 0.145. The van der Waals surface area contributed by atoms with Gasteiger partial charge < -0.3 is 16.0 Å². The van der Waals surface area contributed by atoms with Crippen LogP contribution in [-0.4, -0.2) is 28.5 Å². The number of amides is 3. The summed E-state index contributed by atoms with van der Waals surface area (Å²) < 4.78 is 0. The Morgan fingerprint density at radius 2 is 1.70 bits per heavy atom. The number of thioether (sulfide) groups is 1. The van der Waals surface area contributed by atoms with Gasteiger partial charge in [-0.2, -0.15) is 0 Å². The van der Waals surface area contributed by atoms with Gasteiger partial charge in [0.1, 0.15) is 5.70 Å². The van der Waals surface area contributed by atoms with Crippen molar-refractivity contribution in [3.63, 3.8) is 0 Å². The van der Waals surface area contributed by atoms with E-state index >= 15 is 0 Å². The van der Waals surface area contributed by atoms with Crippen LogP contribution < -0.4 is 16.0 Å². The fourth-order valence-electron chi connectivity index (χ4n) is 3.66. The van der Waals surface area contributed by atoms with Crippen molar-refractivity contribution in [2.24, 2.45) is 0 Å². The van der Waals surface area contributed by atoms with Gasteiger partial charge >= 0.3 is 0 Å². The Balaban J connectivity index is 1.47. The van der Waals surface area contributed by atoms with Gasteiger partial charge in [-0.15, -0.1) is 23.1 Å². The Kier molecular flexibility index (Phi) is 9.88. The standard InChI is InChI=1S/C31H30N4O3S2/c1-20(2)23-14-12-22(13-15-23)16-27(34-29(37)24-8-5-4-6-9-24)30(38)33-25-10-7-11-26(17-25)39-19-28(36)35-31-32-21(3)18-40-31/h4-18,20H,19H2,1-3H3,(H,33,38)(H,34,37)(H,32,35,36)/b27-16+. The van der Waals surface area contributed by atoms with Gasteiger partial charge in [0.2, 0.25) is 5.91 Å². The summed E-state index contributed by atoms with van der Waals surface area (Å²) in [6.45, 7) is 6.10. The molecule has 3 aromatic carbocycles. The van der Waals surface area contributed by atoms with Crippen LogP contribution >= 0.6 is 23.1 Å². The summed E-state index contributed by atoms with van der Waals surface area (Å²) in [5, 5.41) is 10.9. The highest BCUT2D eigenvalue weighted by Crippen LogP contribution is 2.23. The fourth-order valence-corrected chi connectivity index (χ4v) is 5.12. The van der Waals surface area contributed by atoms with Crippen LogP contribution in [0.1, 0.15) is 46.9 Å². The van der Waals surface area contributed by atoms with Crippen LogP contribution in [0.5, 0.6) is 0 Å². The van der Waals surface area contributed by atoms with E-state index in [1.165, 1.54) is 28.7 Å². The van der Waals surface area contributed by atoms with Gasteiger partial charge in [-0.05, 0) is 60.4 Å². The number of aromatic nitrogens is 1. The zero-order valence-electron chi connectivity index (χ0n) is 22.4. The van der Waals surface area contributed by atoms with Gasteiger partial charge in [0, 0.05) is 21.5 Å². The zero-order valence-corrected chi connectivity index (χ0v) is 24.1. The van der Waals surface area contributed by atoms with Crippen LogP contribution in [0.25, 0.3) is 6.08 Å². The molecule has 0 aliphatic carbocycles. The molecule has 0 aliphatic rings. The minimum atomic E-state index is -0.462. The van der Waals surface area contributed by atoms with E-state index < -0.39 is 5.91 Å². The number of thiazole rings is 1. The molecule has 0 fully saturated rings. The van der Waals surface area contributed by atoms with Gasteiger partial charge in [-0.1, -0.05) is 62.4 Å². The van der Waals surface area contributed by atoms with Crippen LogP contribution in [0.3, 0.4) is 0 Å². The van der Waals surface area contributed by atoms with Crippen molar-refractivity contribution in [2.45, 2.75) is 31.6 Å². The lowest BCUT2D eigenvalue weighted by atomic mass is 10.0. The summed E-state index contributed by atoms with van der Waals surface area (Å²) in [5.74, 6) is -0.430. The molecule has 0 radical (unpaired) electrons. The van der Waals surface area contributed by atoms with Crippen LogP contribution in [0.2, 0.25) is 0 Å². The number of aryl methyl sites for hydroxylation is 1. The highest BCUT2D eigenvalue weighted by Gasteiger charge is 2.16. The number of rotatable bonds is 10. The third-order valence-corrected chi connectivity index (χ3v) is 7.64. The van der Waals surface area contributed by atoms with E-state index in [2.05, 4.69) is 34.8 Å². The molecule has 3 amide bonds. The Labute approximate surface area is 242 Å². The van der Waals surface area contributed by atoms with Crippen molar-refractivity contribution in [3.8, 4) is 0 Å². The van der Waals surface area contributed by atoms with E-state index in [-0.39, 0.29) is 23.3 Å². The molecule has 0 spiro atoms. The number of nitrogens with one attached hydrogen (secondary N) is 3. The summed E-state index contributed by atoms with van der Waals surface area (Å²) in [7, 11) is 0. The monoisotopic (exact) mass is 570 g/mol. The summed E-state index contributed by atoms with van der Waals surface area (Å²) in [5.41, 5.74) is 3.93. The number of anilines is 2. The lowest BCUT2D eigenvalue weighted by Gasteiger charge is -2.12. The van der Waals surface area contributed by atoms with Crippen LogP contribution in [-0.2, 0) is 9.59 Å². The van der Waals surface area contributed by atoms with Crippen LogP contribution in [0, 0.1) is 6.92 Å². The Morgan fingerprint density at radius 1 is 0.950 bits per heavy atom. The molecule has 0 atom stereocenters. The summed E-state index contributed by atoms with van der Waals surface area (Å²) in [6.07, 6.45) is 1.66. The third kappa shape index (κ3) is 8.39. The van der Waals surface area contributed by atoms with Crippen LogP contribution in [0.15, 0.2) is 94.8 Å². The van der Waals surface area contributed by atoms with E-state index in [9.17, 15) is 14.4 Å². The van der Waals surface area contributed by atoms with Crippen molar-refractivity contribution in [2.75, 3.05) is 16.4 Å². The predicted octanol–water partition coefficient (Wildman–Crippen LogP) is 6.72. The molecule has 1 aromatic heterocycles. The smallest absolute Gasteiger partial charge is 0.272 e. The summed E-state index contributed by atoms with van der Waals surface area (Å²) in [6, 6.07) is 23.8. The maximum Gasteiger partial charge on any atom is 0.272 e. The number of hydrogen-bond donors (Lipinski definition) is 3. The second-order valence-electron chi connectivity index (χ2n) is 9.31. The van der Waals surface area contributed by atoms with Crippen molar-refractivity contribution >= 4 is 57.7 Å². The Morgan fingerprint density at radius 3 is 2.38 bits per heavy atom. The van der Waals surface area contributed by atoms with E-state index in [0.717, 1.165) is 16.2 Å². The molecule has 9 heteroatoms. The molecule has 0 unspecified atom stereocenters. The molecule has 0 saturated heterocycles. The molecule has 40 heavy (non-hydrogen) atoms. The number of hydrogen-bond acceptors (Lipinski definition) is 6. The molecule has 3 N–H and O–H groups in total. The number of carbonyl (C=O) groups excluding carboxylic acids is 3. The predicted molar refractivity (Wildman–Crippen MR) is 164 cm³/mol. The largest absolute Gasteiger partial charge is 0.321 e.